The van der Waals surface area contributed by atoms with E-state index in [0.29, 0.717) is 12.6 Å². The number of nitrogens with zero attached hydrogens (tertiary/aromatic N) is 2. The second kappa shape index (κ2) is 8.05. The van der Waals surface area contributed by atoms with E-state index in [1.54, 1.807) is 4.81 Å². The third kappa shape index (κ3) is 3.89. The van der Waals surface area contributed by atoms with Crippen LogP contribution in [-0.4, -0.2) is 49.4 Å². The minimum atomic E-state index is -0.313. The zero-order chi connectivity index (χ0) is 20.3. The van der Waals surface area contributed by atoms with E-state index in [1.165, 1.54) is 13.0 Å². The number of benzene rings is 2. The molecule has 0 unspecified atom stereocenters. The van der Waals surface area contributed by atoms with Gasteiger partial charge in [0.2, 0.25) is 5.91 Å². The Kier molecular flexibility index (Phi) is 5.73. The monoisotopic (exact) mass is 373 g/mol. The highest BCUT2D eigenvalue weighted by molar-refractivity contribution is 6.67. The molecule has 1 radical (unpaired) electrons. The number of hydrogen-bond acceptors (Lipinski definition) is 3. The molecule has 1 fully saturated rings. The van der Waals surface area contributed by atoms with Gasteiger partial charge in [-0.3, -0.25) is 4.79 Å². The van der Waals surface area contributed by atoms with E-state index in [1.807, 2.05) is 43.4 Å². The van der Waals surface area contributed by atoms with Gasteiger partial charge in [0.15, 0.2) is 0 Å². The molecule has 5 heteroatoms. The van der Waals surface area contributed by atoms with E-state index in [0.717, 1.165) is 16.7 Å². The highest BCUT2D eigenvalue weighted by Crippen LogP contribution is 2.39. The molecule has 143 valence electrons. The first-order valence-electron chi connectivity index (χ1n) is 9.49. The van der Waals surface area contributed by atoms with E-state index in [2.05, 4.69) is 50.2 Å². The Morgan fingerprint density at radius 3 is 2.21 bits per heavy atom. The molecule has 1 aliphatic rings. The normalized spacial score (nSPS) is 18.4. The van der Waals surface area contributed by atoms with Crippen LogP contribution in [0.5, 0.6) is 0 Å². The van der Waals surface area contributed by atoms with Gasteiger partial charge >= 0.3 is 7.41 Å². The summed E-state index contributed by atoms with van der Waals surface area (Å²) in [5.41, 5.74) is 3.89. The minimum Gasteiger partial charge on any atom is -0.383 e. The van der Waals surface area contributed by atoms with E-state index in [-0.39, 0.29) is 17.4 Å². The van der Waals surface area contributed by atoms with E-state index < -0.39 is 0 Å². The number of hydrogen-bond donors (Lipinski definition) is 0. The van der Waals surface area contributed by atoms with Crippen LogP contribution in [0.2, 0.25) is 0 Å². The minimum absolute atomic E-state index is 0.0974. The van der Waals surface area contributed by atoms with Crippen molar-refractivity contribution >= 4 is 19.5 Å². The van der Waals surface area contributed by atoms with Crippen molar-refractivity contribution in [3.63, 3.8) is 0 Å². The Hall–Kier alpha value is -2.82. The summed E-state index contributed by atoms with van der Waals surface area (Å²) in [7, 11) is 5.16. The first-order valence-corrected chi connectivity index (χ1v) is 9.49. The van der Waals surface area contributed by atoms with Crippen LogP contribution in [0.4, 0.5) is 0 Å². The standard InChI is InChI=1S/C23H26BN2O2/c1-23(2,20-12-10-18(11-13-20)17-8-6-5-7-9-17)21-14-19(15-25(3)4)22(28)26(21)24-16-27/h5-13,15-16,21H,14H2,1-4H3/t21-/m0/s1. The van der Waals surface area contributed by atoms with Gasteiger partial charge in [0.1, 0.15) is 6.19 Å². The third-order valence-corrected chi connectivity index (χ3v) is 5.46. The van der Waals surface area contributed by atoms with Crippen molar-refractivity contribution in [2.24, 2.45) is 0 Å². The fourth-order valence-corrected chi connectivity index (χ4v) is 3.88. The van der Waals surface area contributed by atoms with Crippen molar-refractivity contribution in [2.45, 2.75) is 31.7 Å². The zero-order valence-corrected chi connectivity index (χ0v) is 16.9. The third-order valence-electron chi connectivity index (χ3n) is 5.46. The summed E-state index contributed by atoms with van der Waals surface area (Å²) in [6.45, 7) is 4.26. The van der Waals surface area contributed by atoms with Gasteiger partial charge in [-0.05, 0) is 23.1 Å². The molecule has 1 atom stereocenters. The Bertz CT molecular complexity index is 873. The fraction of sp³-hybridized carbons (Fsp3) is 0.304. The predicted octanol–water partition coefficient (Wildman–Crippen LogP) is 3.49. The molecule has 1 heterocycles. The van der Waals surface area contributed by atoms with Crippen molar-refractivity contribution in [1.82, 2.24) is 9.71 Å². The SMILES string of the molecule is CN(C)C=C1C[C@@H](C(C)(C)c2ccc(-c3ccccc3)cc2)N([B]C=O)C1=O. The van der Waals surface area contributed by atoms with Gasteiger partial charge in [0.05, 0.1) is 0 Å². The van der Waals surface area contributed by atoms with E-state index >= 15 is 0 Å². The Labute approximate surface area is 168 Å². The van der Waals surface area contributed by atoms with Crippen LogP contribution in [0.25, 0.3) is 11.1 Å². The van der Waals surface area contributed by atoms with Crippen LogP contribution in [-0.2, 0) is 15.0 Å². The molecule has 0 aliphatic carbocycles. The average Bonchev–Trinajstić information content (AvgIpc) is 2.99. The molecule has 2 aromatic rings. The Balaban J connectivity index is 1.92. The van der Waals surface area contributed by atoms with Gasteiger partial charge in [0, 0.05) is 37.3 Å². The van der Waals surface area contributed by atoms with Crippen molar-refractivity contribution < 1.29 is 9.59 Å². The van der Waals surface area contributed by atoms with Crippen LogP contribution >= 0.6 is 0 Å². The molecule has 3 rings (SSSR count). The summed E-state index contributed by atoms with van der Waals surface area (Å²) in [6, 6.07) is 18.6. The summed E-state index contributed by atoms with van der Waals surface area (Å²) in [6.07, 6.45) is 3.15. The second-order valence-corrected chi connectivity index (χ2v) is 8.00. The second-order valence-electron chi connectivity index (χ2n) is 8.00. The average molecular weight is 373 g/mol. The lowest BCUT2D eigenvalue weighted by Crippen LogP contribution is -2.47. The van der Waals surface area contributed by atoms with Crippen molar-refractivity contribution in [1.29, 1.82) is 0 Å². The molecule has 0 saturated carbocycles. The first kappa shape index (κ1) is 19.9. The summed E-state index contributed by atoms with van der Waals surface area (Å²) in [5.74, 6) is -0.0974. The van der Waals surface area contributed by atoms with Crippen molar-refractivity contribution in [3.05, 3.63) is 71.9 Å². The highest BCUT2D eigenvalue weighted by Gasteiger charge is 2.44. The Morgan fingerprint density at radius 1 is 1.04 bits per heavy atom. The molecule has 28 heavy (non-hydrogen) atoms. The molecular weight excluding hydrogens is 347 g/mol. The smallest absolute Gasteiger partial charge is 0.331 e. The first-order chi connectivity index (χ1) is 13.3. The van der Waals surface area contributed by atoms with E-state index in [4.69, 9.17) is 0 Å². The molecule has 0 N–H and O–H groups in total. The highest BCUT2D eigenvalue weighted by atomic mass is 16.2. The van der Waals surface area contributed by atoms with Gasteiger partial charge in [-0.25, -0.2) is 0 Å². The fourth-order valence-electron chi connectivity index (χ4n) is 3.88. The van der Waals surface area contributed by atoms with Gasteiger partial charge < -0.3 is 14.5 Å². The molecule has 1 amide bonds. The zero-order valence-electron chi connectivity index (χ0n) is 16.9. The summed E-state index contributed by atoms with van der Waals surface area (Å²) in [5, 5.41) is 0. The lowest BCUT2D eigenvalue weighted by Gasteiger charge is -2.37. The number of carbonyl (C=O) groups is 2. The summed E-state index contributed by atoms with van der Waals surface area (Å²) >= 11 is 0. The van der Waals surface area contributed by atoms with Crippen molar-refractivity contribution in [2.75, 3.05) is 14.1 Å². The molecular formula is C23H26BN2O2. The number of amides is 1. The molecule has 0 aromatic heterocycles. The van der Waals surface area contributed by atoms with Gasteiger partial charge in [0.25, 0.3) is 0 Å². The quantitative estimate of drug-likeness (QED) is 0.442. The summed E-state index contributed by atoms with van der Waals surface area (Å²) in [4.78, 5) is 27.4. The van der Waals surface area contributed by atoms with Crippen LogP contribution in [0.15, 0.2) is 66.4 Å². The van der Waals surface area contributed by atoms with E-state index in [9.17, 15) is 9.59 Å². The molecule has 0 spiro atoms. The predicted molar refractivity (Wildman–Crippen MR) is 114 cm³/mol. The number of rotatable bonds is 6. The van der Waals surface area contributed by atoms with Gasteiger partial charge in [-0.2, -0.15) is 0 Å². The topological polar surface area (TPSA) is 40.6 Å². The van der Waals surface area contributed by atoms with Gasteiger partial charge in [-0.15, -0.1) is 0 Å². The molecule has 0 bridgehead atoms. The van der Waals surface area contributed by atoms with Crippen LogP contribution < -0.4 is 0 Å². The molecule has 1 aliphatic heterocycles. The van der Waals surface area contributed by atoms with Crippen LogP contribution in [0.1, 0.15) is 25.8 Å². The lowest BCUT2D eigenvalue weighted by molar-refractivity contribution is -0.122. The maximum absolute atomic E-state index is 12.8. The lowest BCUT2D eigenvalue weighted by atomic mass is 9.74. The molecule has 1 saturated heterocycles. The maximum Gasteiger partial charge on any atom is 0.331 e. The maximum atomic E-state index is 12.8. The molecule has 4 nitrogen and oxygen atoms in total. The van der Waals surface area contributed by atoms with Crippen LogP contribution in [0, 0.1) is 0 Å². The number of carbonyl (C=O) groups excluding carboxylic acids is 2. The Morgan fingerprint density at radius 2 is 1.64 bits per heavy atom. The van der Waals surface area contributed by atoms with Crippen molar-refractivity contribution in [3.8, 4) is 11.1 Å². The molecule has 2 aromatic carbocycles. The van der Waals surface area contributed by atoms with Crippen LogP contribution in [0.3, 0.4) is 0 Å². The summed E-state index contributed by atoms with van der Waals surface area (Å²) < 4.78 is 0. The largest absolute Gasteiger partial charge is 0.383 e. The van der Waals surface area contributed by atoms with Gasteiger partial charge in [-0.1, -0.05) is 68.4 Å².